The molecule has 1 aromatic rings. The van der Waals surface area contributed by atoms with E-state index in [4.69, 9.17) is 4.74 Å². The van der Waals surface area contributed by atoms with Crippen LogP contribution in [0.1, 0.15) is 19.8 Å². The van der Waals surface area contributed by atoms with Crippen LogP contribution in [0, 0.1) is 0 Å². The van der Waals surface area contributed by atoms with Crippen molar-refractivity contribution in [2.75, 3.05) is 39.1 Å². The van der Waals surface area contributed by atoms with Crippen LogP contribution in [0.2, 0.25) is 0 Å². The molecule has 1 heterocycles. The fraction of sp³-hybridized carbons (Fsp3) is 0.529. The maximum Gasteiger partial charge on any atom is 0.409 e. The molecule has 0 saturated carbocycles. The molecule has 0 spiro atoms. The number of urea groups is 1. The summed E-state index contributed by atoms with van der Waals surface area (Å²) in [6.45, 7) is 3.12. The first-order valence-corrected chi connectivity index (χ1v) is 10.2. The number of carbonyl (C=O) groups is 2. The minimum absolute atomic E-state index is 0.0654. The predicted molar refractivity (Wildman–Crippen MR) is 101 cm³/mol. The molecule has 1 aromatic carbocycles. The lowest BCUT2D eigenvalue weighted by Gasteiger charge is -2.31. The SMILES string of the molecule is CCOC(=O)N1CCC(NC(=O)Nc2cccc(S(=O)(=O)N(C)C)c2)CC1. The van der Waals surface area contributed by atoms with E-state index in [0.717, 1.165) is 4.31 Å². The second-order valence-corrected chi connectivity index (χ2v) is 8.53. The van der Waals surface area contributed by atoms with Crippen molar-refractivity contribution in [2.24, 2.45) is 0 Å². The van der Waals surface area contributed by atoms with Gasteiger partial charge in [-0.2, -0.15) is 0 Å². The third kappa shape index (κ3) is 5.57. The molecule has 150 valence electrons. The molecule has 0 unspecified atom stereocenters. The summed E-state index contributed by atoms with van der Waals surface area (Å²) < 4.78 is 30.4. The molecule has 3 amide bonds. The number of nitrogens with one attached hydrogen (secondary N) is 2. The monoisotopic (exact) mass is 398 g/mol. The first-order valence-electron chi connectivity index (χ1n) is 8.76. The minimum atomic E-state index is -3.57. The zero-order valence-electron chi connectivity index (χ0n) is 15.8. The van der Waals surface area contributed by atoms with E-state index >= 15 is 0 Å². The zero-order valence-corrected chi connectivity index (χ0v) is 16.6. The number of carbonyl (C=O) groups excluding carboxylic acids is 2. The number of amides is 3. The highest BCUT2D eigenvalue weighted by Gasteiger charge is 2.24. The van der Waals surface area contributed by atoms with Crippen LogP contribution in [-0.4, -0.2) is 69.6 Å². The molecule has 9 nitrogen and oxygen atoms in total. The van der Waals surface area contributed by atoms with E-state index in [1.165, 1.54) is 26.2 Å². The van der Waals surface area contributed by atoms with Gasteiger partial charge in [0.2, 0.25) is 10.0 Å². The first kappa shape index (κ1) is 21.0. The Balaban J connectivity index is 1.89. The molecular formula is C17H26N4O5S. The van der Waals surface area contributed by atoms with Crippen molar-refractivity contribution in [1.82, 2.24) is 14.5 Å². The Kier molecular flexibility index (Phi) is 7.03. The molecule has 10 heteroatoms. The smallest absolute Gasteiger partial charge is 0.409 e. The quantitative estimate of drug-likeness (QED) is 0.785. The van der Waals surface area contributed by atoms with E-state index in [-0.39, 0.29) is 17.0 Å². The van der Waals surface area contributed by atoms with Gasteiger partial charge in [0, 0.05) is 38.9 Å². The second-order valence-electron chi connectivity index (χ2n) is 6.37. The first-order chi connectivity index (χ1) is 12.7. The van der Waals surface area contributed by atoms with Gasteiger partial charge in [0.1, 0.15) is 0 Å². The summed E-state index contributed by atoms with van der Waals surface area (Å²) in [7, 11) is -0.671. The van der Waals surface area contributed by atoms with Crippen molar-refractivity contribution in [2.45, 2.75) is 30.7 Å². The summed E-state index contributed by atoms with van der Waals surface area (Å²) in [6.07, 6.45) is 0.919. The molecule has 1 aliphatic rings. The molecule has 0 aliphatic carbocycles. The summed E-state index contributed by atoms with van der Waals surface area (Å²) >= 11 is 0. The fourth-order valence-corrected chi connectivity index (χ4v) is 3.67. The van der Waals surface area contributed by atoms with Gasteiger partial charge in [-0.1, -0.05) is 6.07 Å². The van der Waals surface area contributed by atoms with Gasteiger partial charge in [-0.3, -0.25) is 0 Å². The highest BCUT2D eigenvalue weighted by Crippen LogP contribution is 2.18. The van der Waals surface area contributed by atoms with Gasteiger partial charge in [0.05, 0.1) is 11.5 Å². The van der Waals surface area contributed by atoms with Gasteiger partial charge in [-0.05, 0) is 38.0 Å². The van der Waals surface area contributed by atoms with Gasteiger partial charge in [0.25, 0.3) is 0 Å². The van der Waals surface area contributed by atoms with E-state index in [9.17, 15) is 18.0 Å². The van der Waals surface area contributed by atoms with Gasteiger partial charge < -0.3 is 20.3 Å². The van der Waals surface area contributed by atoms with E-state index < -0.39 is 16.1 Å². The van der Waals surface area contributed by atoms with E-state index in [0.29, 0.717) is 38.2 Å². The third-order valence-corrected chi connectivity index (χ3v) is 6.04. The van der Waals surface area contributed by atoms with Crippen LogP contribution in [0.4, 0.5) is 15.3 Å². The number of piperidine rings is 1. The molecule has 1 saturated heterocycles. The fourth-order valence-electron chi connectivity index (χ4n) is 2.72. The summed E-state index contributed by atoms with van der Waals surface area (Å²) in [5.74, 6) is 0. The number of anilines is 1. The van der Waals surface area contributed by atoms with E-state index in [1.54, 1.807) is 24.0 Å². The number of ether oxygens (including phenoxy) is 1. The van der Waals surface area contributed by atoms with Crippen LogP contribution in [0.25, 0.3) is 0 Å². The van der Waals surface area contributed by atoms with Crippen LogP contribution < -0.4 is 10.6 Å². The molecule has 1 fully saturated rings. The Morgan fingerprint density at radius 3 is 2.52 bits per heavy atom. The Morgan fingerprint density at radius 2 is 1.93 bits per heavy atom. The molecule has 2 rings (SSSR count). The number of sulfonamides is 1. The number of benzene rings is 1. The van der Waals surface area contributed by atoms with Crippen LogP contribution >= 0.6 is 0 Å². The highest BCUT2D eigenvalue weighted by molar-refractivity contribution is 7.89. The largest absolute Gasteiger partial charge is 0.450 e. The Hall–Kier alpha value is -2.33. The molecule has 0 radical (unpaired) electrons. The van der Waals surface area contributed by atoms with Gasteiger partial charge in [-0.15, -0.1) is 0 Å². The van der Waals surface area contributed by atoms with Crippen LogP contribution in [0.5, 0.6) is 0 Å². The topological polar surface area (TPSA) is 108 Å². The lowest BCUT2D eigenvalue weighted by Crippen LogP contribution is -2.47. The van der Waals surface area contributed by atoms with E-state index in [2.05, 4.69) is 10.6 Å². The van der Waals surface area contributed by atoms with Crippen molar-refractivity contribution in [1.29, 1.82) is 0 Å². The zero-order chi connectivity index (χ0) is 20.0. The Labute approximate surface area is 159 Å². The van der Waals surface area contributed by atoms with E-state index in [1.807, 2.05) is 0 Å². The molecule has 0 bridgehead atoms. The molecule has 1 aliphatic heterocycles. The average molecular weight is 398 g/mol. The van der Waals surface area contributed by atoms with Crippen LogP contribution in [0.3, 0.4) is 0 Å². The van der Waals surface area contributed by atoms with Crippen molar-refractivity contribution < 1.29 is 22.7 Å². The lowest BCUT2D eigenvalue weighted by molar-refractivity contribution is 0.0959. The van der Waals surface area contributed by atoms with Gasteiger partial charge >= 0.3 is 12.1 Å². The van der Waals surface area contributed by atoms with Crippen LogP contribution in [-0.2, 0) is 14.8 Å². The predicted octanol–water partition coefficient (Wildman–Crippen LogP) is 1.68. The summed E-state index contributed by atoms with van der Waals surface area (Å²) in [5.41, 5.74) is 0.388. The maximum absolute atomic E-state index is 12.2. The van der Waals surface area contributed by atoms with Crippen molar-refractivity contribution in [3.8, 4) is 0 Å². The molecule has 27 heavy (non-hydrogen) atoms. The Bertz CT molecular complexity index is 773. The summed E-state index contributed by atoms with van der Waals surface area (Å²) in [6, 6.07) is 5.61. The number of hydrogen-bond acceptors (Lipinski definition) is 5. The third-order valence-electron chi connectivity index (χ3n) is 4.23. The van der Waals surface area contributed by atoms with Crippen molar-refractivity contribution >= 4 is 27.8 Å². The highest BCUT2D eigenvalue weighted by atomic mass is 32.2. The number of hydrogen-bond donors (Lipinski definition) is 2. The van der Waals surface area contributed by atoms with Gasteiger partial charge in [-0.25, -0.2) is 22.3 Å². The summed E-state index contributed by atoms with van der Waals surface area (Å²) in [5, 5.41) is 5.51. The molecular weight excluding hydrogens is 372 g/mol. The standard InChI is InChI=1S/C17H26N4O5S/c1-4-26-17(23)21-10-8-13(9-11-21)18-16(22)19-14-6-5-7-15(12-14)27(24,25)20(2)3/h5-7,12-13H,4,8-11H2,1-3H3,(H2,18,19,22). The Morgan fingerprint density at radius 1 is 1.26 bits per heavy atom. The normalized spacial score (nSPS) is 15.5. The number of nitrogens with zero attached hydrogens (tertiary/aromatic N) is 2. The van der Waals surface area contributed by atoms with Gasteiger partial charge in [0.15, 0.2) is 0 Å². The van der Waals surface area contributed by atoms with Crippen molar-refractivity contribution in [3.63, 3.8) is 0 Å². The number of likely N-dealkylation sites (tertiary alicyclic amines) is 1. The maximum atomic E-state index is 12.2. The number of rotatable bonds is 5. The molecule has 0 atom stereocenters. The average Bonchev–Trinajstić information content (AvgIpc) is 2.62. The molecule has 0 aromatic heterocycles. The van der Waals surface area contributed by atoms with Crippen LogP contribution in [0.15, 0.2) is 29.2 Å². The lowest BCUT2D eigenvalue weighted by atomic mass is 10.1. The molecule has 2 N–H and O–H groups in total. The minimum Gasteiger partial charge on any atom is -0.450 e. The summed E-state index contributed by atoms with van der Waals surface area (Å²) in [4.78, 5) is 25.6. The second kappa shape index (κ2) is 9.05. The van der Waals surface area contributed by atoms with Crippen molar-refractivity contribution in [3.05, 3.63) is 24.3 Å².